The molecule has 0 aliphatic heterocycles. The highest BCUT2D eigenvalue weighted by atomic mass is 32.2. The Morgan fingerprint density at radius 3 is 2.41 bits per heavy atom. The van der Waals surface area contributed by atoms with Gasteiger partial charge in [0.2, 0.25) is 15.9 Å². The van der Waals surface area contributed by atoms with Gasteiger partial charge in [-0.1, -0.05) is 48.5 Å². The number of para-hydroxylation sites is 1. The standard InChI is InChI=1S/C26H24N4O3S/c1-30(34(32,33)21-13-11-19(15-27)12-14-21)18-26(31)29-16-23(20-7-3-2-4-8-20)24-17-28-25-10-6-5-9-22(24)25/h2-14,17,23,28H,16,18H2,1H3,(H,29,31). The fourth-order valence-corrected chi connectivity index (χ4v) is 5.04. The largest absolute Gasteiger partial charge is 0.361 e. The molecular formula is C26H24N4O3S. The number of aromatic amines is 1. The van der Waals surface area contributed by atoms with Crippen LogP contribution in [-0.4, -0.2) is 43.8 Å². The molecule has 1 heterocycles. The first kappa shape index (κ1) is 23.2. The molecule has 1 aromatic heterocycles. The van der Waals surface area contributed by atoms with Crippen molar-refractivity contribution >= 4 is 26.8 Å². The Morgan fingerprint density at radius 1 is 1.03 bits per heavy atom. The third-order valence-electron chi connectivity index (χ3n) is 5.76. The summed E-state index contributed by atoms with van der Waals surface area (Å²) in [6.45, 7) is -0.00677. The Balaban J connectivity index is 1.49. The smallest absolute Gasteiger partial charge is 0.243 e. The lowest BCUT2D eigenvalue weighted by Crippen LogP contribution is -2.39. The third-order valence-corrected chi connectivity index (χ3v) is 7.58. The number of hydrogen-bond acceptors (Lipinski definition) is 4. The molecule has 1 amide bonds. The number of sulfonamides is 1. The van der Waals surface area contributed by atoms with Crippen molar-refractivity contribution in [1.82, 2.24) is 14.6 Å². The first-order chi connectivity index (χ1) is 16.4. The van der Waals surface area contributed by atoms with Crippen molar-refractivity contribution in [3.63, 3.8) is 0 Å². The maximum absolute atomic E-state index is 12.8. The molecule has 4 rings (SSSR count). The minimum Gasteiger partial charge on any atom is -0.361 e. The molecule has 1 unspecified atom stereocenters. The number of nitrogens with one attached hydrogen (secondary N) is 2. The molecule has 7 nitrogen and oxygen atoms in total. The molecule has 3 aromatic carbocycles. The van der Waals surface area contributed by atoms with E-state index >= 15 is 0 Å². The number of fused-ring (bicyclic) bond motifs is 1. The van der Waals surface area contributed by atoms with E-state index in [0.717, 1.165) is 26.3 Å². The van der Waals surface area contributed by atoms with Crippen LogP contribution < -0.4 is 5.32 Å². The number of aromatic nitrogens is 1. The van der Waals surface area contributed by atoms with Crippen molar-refractivity contribution in [2.45, 2.75) is 10.8 Å². The van der Waals surface area contributed by atoms with Crippen LogP contribution in [0.2, 0.25) is 0 Å². The van der Waals surface area contributed by atoms with Gasteiger partial charge in [-0.05, 0) is 41.5 Å². The molecule has 2 N–H and O–H groups in total. The SMILES string of the molecule is CN(CC(=O)NCC(c1ccccc1)c1c[nH]c2ccccc12)S(=O)(=O)c1ccc(C#N)cc1. The molecule has 4 aromatic rings. The lowest BCUT2D eigenvalue weighted by atomic mass is 9.91. The van der Waals surface area contributed by atoms with E-state index in [1.807, 2.05) is 66.9 Å². The number of carbonyl (C=O) groups is 1. The van der Waals surface area contributed by atoms with Crippen LogP contribution in [0.4, 0.5) is 0 Å². The van der Waals surface area contributed by atoms with Gasteiger partial charge in [-0.15, -0.1) is 0 Å². The molecule has 34 heavy (non-hydrogen) atoms. The van der Waals surface area contributed by atoms with E-state index in [4.69, 9.17) is 5.26 Å². The van der Waals surface area contributed by atoms with Gasteiger partial charge in [-0.25, -0.2) is 8.42 Å². The maximum atomic E-state index is 12.8. The van der Waals surface area contributed by atoms with E-state index in [-0.39, 0.29) is 17.4 Å². The van der Waals surface area contributed by atoms with Crippen LogP contribution in [0, 0.1) is 11.3 Å². The van der Waals surface area contributed by atoms with Crippen molar-refractivity contribution in [3.8, 4) is 6.07 Å². The number of carbonyl (C=O) groups excluding carboxylic acids is 1. The van der Waals surface area contributed by atoms with Gasteiger partial charge in [0.1, 0.15) is 0 Å². The van der Waals surface area contributed by atoms with Gasteiger partial charge < -0.3 is 10.3 Å². The molecule has 0 aliphatic rings. The lowest BCUT2D eigenvalue weighted by Gasteiger charge is -2.20. The van der Waals surface area contributed by atoms with Gasteiger partial charge in [0.25, 0.3) is 0 Å². The van der Waals surface area contributed by atoms with E-state index in [0.29, 0.717) is 12.1 Å². The summed E-state index contributed by atoms with van der Waals surface area (Å²) in [5, 5.41) is 12.9. The topological polar surface area (TPSA) is 106 Å². The van der Waals surface area contributed by atoms with Crippen LogP contribution in [0.15, 0.2) is 90.0 Å². The molecule has 0 saturated heterocycles. The molecule has 0 aliphatic carbocycles. The molecule has 8 heteroatoms. The van der Waals surface area contributed by atoms with Crippen molar-refractivity contribution in [1.29, 1.82) is 5.26 Å². The van der Waals surface area contributed by atoms with E-state index in [1.165, 1.54) is 31.3 Å². The van der Waals surface area contributed by atoms with Gasteiger partial charge in [0, 0.05) is 36.6 Å². The summed E-state index contributed by atoms with van der Waals surface area (Å²) in [7, 11) is -2.50. The number of likely N-dealkylation sites (N-methyl/N-ethyl adjacent to an activating group) is 1. The average Bonchev–Trinajstić information content (AvgIpc) is 3.29. The van der Waals surface area contributed by atoms with Gasteiger partial charge in [-0.3, -0.25) is 4.79 Å². The second-order valence-corrected chi connectivity index (χ2v) is 10.00. The summed E-state index contributed by atoms with van der Waals surface area (Å²) in [6.07, 6.45) is 1.95. The number of hydrogen-bond donors (Lipinski definition) is 2. The molecule has 0 saturated carbocycles. The summed E-state index contributed by atoms with van der Waals surface area (Å²) in [6, 6.07) is 25.4. The van der Waals surface area contributed by atoms with Crippen molar-refractivity contribution in [2.24, 2.45) is 0 Å². The summed E-state index contributed by atoms with van der Waals surface area (Å²) >= 11 is 0. The quantitative estimate of drug-likeness (QED) is 0.409. The number of nitriles is 1. The number of nitrogens with zero attached hydrogens (tertiary/aromatic N) is 2. The van der Waals surface area contributed by atoms with Crippen LogP contribution in [-0.2, 0) is 14.8 Å². The number of benzene rings is 3. The van der Waals surface area contributed by atoms with E-state index < -0.39 is 15.9 Å². The first-order valence-corrected chi connectivity index (χ1v) is 12.2. The number of H-pyrrole nitrogens is 1. The third kappa shape index (κ3) is 4.86. The molecule has 1 atom stereocenters. The van der Waals surface area contributed by atoms with E-state index in [2.05, 4.69) is 10.3 Å². The average molecular weight is 473 g/mol. The predicted octanol–water partition coefficient (Wildman–Crippen LogP) is 3.61. The zero-order valence-corrected chi connectivity index (χ0v) is 19.4. The van der Waals surface area contributed by atoms with Crippen molar-refractivity contribution in [3.05, 3.63) is 102 Å². The zero-order valence-electron chi connectivity index (χ0n) is 18.6. The summed E-state index contributed by atoms with van der Waals surface area (Å²) in [5.74, 6) is -0.512. The Bertz CT molecular complexity index is 1440. The maximum Gasteiger partial charge on any atom is 0.243 e. The second kappa shape index (κ2) is 9.91. The Morgan fingerprint density at radius 2 is 1.71 bits per heavy atom. The van der Waals surface area contributed by atoms with Crippen LogP contribution >= 0.6 is 0 Å². The normalized spacial score (nSPS) is 12.4. The molecular weight excluding hydrogens is 448 g/mol. The molecule has 172 valence electrons. The number of amides is 1. The number of rotatable bonds is 8. The summed E-state index contributed by atoms with van der Waals surface area (Å²) in [5.41, 5.74) is 3.48. The fraction of sp³-hybridized carbons (Fsp3) is 0.154. The van der Waals surface area contributed by atoms with Crippen LogP contribution in [0.1, 0.15) is 22.6 Å². The minimum absolute atomic E-state index is 0.0303. The highest BCUT2D eigenvalue weighted by Crippen LogP contribution is 2.30. The van der Waals surface area contributed by atoms with Gasteiger partial charge >= 0.3 is 0 Å². The lowest BCUT2D eigenvalue weighted by molar-refractivity contribution is -0.121. The van der Waals surface area contributed by atoms with Crippen LogP contribution in [0.3, 0.4) is 0 Å². The van der Waals surface area contributed by atoms with E-state index in [9.17, 15) is 13.2 Å². The van der Waals surface area contributed by atoms with Crippen molar-refractivity contribution < 1.29 is 13.2 Å². The van der Waals surface area contributed by atoms with Crippen LogP contribution in [0.5, 0.6) is 0 Å². The molecule has 0 fully saturated rings. The fourth-order valence-electron chi connectivity index (χ4n) is 3.92. The molecule has 0 spiro atoms. The minimum atomic E-state index is -3.86. The zero-order chi connectivity index (χ0) is 24.1. The second-order valence-electron chi connectivity index (χ2n) is 7.95. The monoisotopic (exact) mass is 472 g/mol. The molecule has 0 bridgehead atoms. The Labute approximate surface area is 198 Å². The highest BCUT2D eigenvalue weighted by molar-refractivity contribution is 7.89. The van der Waals surface area contributed by atoms with Gasteiger partial charge in [0.15, 0.2) is 0 Å². The first-order valence-electron chi connectivity index (χ1n) is 10.7. The van der Waals surface area contributed by atoms with Crippen LogP contribution in [0.25, 0.3) is 10.9 Å². The van der Waals surface area contributed by atoms with Crippen molar-refractivity contribution in [2.75, 3.05) is 20.1 Å². The Kier molecular flexibility index (Phi) is 6.77. The van der Waals surface area contributed by atoms with Gasteiger partial charge in [0.05, 0.1) is 23.1 Å². The predicted molar refractivity (Wildman–Crippen MR) is 131 cm³/mol. The van der Waals surface area contributed by atoms with E-state index in [1.54, 1.807) is 0 Å². The summed E-state index contributed by atoms with van der Waals surface area (Å²) in [4.78, 5) is 16.0. The Hall–Kier alpha value is -3.93. The molecule has 0 radical (unpaired) electrons. The van der Waals surface area contributed by atoms with Gasteiger partial charge in [-0.2, -0.15) is 9.57 Å². The summed E-state index contributed by atoms with van der Waals surface area (Å²) < 4.78 is 26.6. The highest BCUT2D eigenvalue weighted by Gasteiger charge is 2.24.